The van der Waals surface area contributed by atoms with Crippen LogP contribution in [0.25, 0.3) is 0 Å². The highest BCUT2D eigenvalue weighted by molar-refractivity contribution is 5.91. The van der Waals surface area contributed by atoms with Crippen LogP contribution in [0.15, 0.2) is 12.4 Å². The Morgan fingerprint density at radius 1 is 1.33 bits per heavy atom. The normalized spacial score (nSPS) is 11.3. The number of amides is 1. The average molecular weight is 251 g/mol. The molecule has 5 heteroatoms. The quantitative estimate of drug-likeness (QED) is 0.799. The number of nitrogens with one attached hydrogen (secondary N) is 1. The molecular formula is C13H21N3O2. The number of hydrogen-bond acceptors (Lipinski definition) is 4. The van der Waals surface area contributed by atoms with Crippen molar-refractivity contribution in [1.29, 1.82) is 0 Å². The Morgan fingerprint density at radius 3 is 2.44 bits per heavy atom. The van der Waals surface area contributed by atoms with Crippen LogP contribution >= 0.6 is 0 Å². The molecule has 0 bridgehead atoms. The largest absolute Gasteiger partial charge is 0.396 e. The van der Waals surface area contributed by atoms with Crippen molar-refractivity contribution < 1.29 is 9.90 Å². The summed E-state index contributed by atoms with van der Waals surface area (Å²) in [6, 6.07) is 0. The van der Waals surface area contributed by atoms with Crippen LogP contribution in [0.2, 0.25) is 0 Å². The summed E-state index contributed by atoms with van der Waals surface area (Å²) >= 11 is 0. The van der Waals surface area contributed by atoms with Crippen LogP contribution in [0.5, 0.6) is 0 Å². The summed E-state index contributed by atoms with van der Waals surface area (Å²) in [7, 11) is 0. The minimum atomic E-state index is -0.248. The first-order valence-electron chi connectivity index (χ1n) is 6.24. The number of aliphatic hydroxyl groups is 1. The third-order valence-corrected chi connectivity index (χ3v) is 3.47. The molecular weight excluding hydrogens is 230 g/mol. The smallest absolute Gasteiger partial charge is 0.271 e. The molecule has 0 atom stereocenters. The number of aromatic nitrogens is 2. The zero-order valence-electron chi connectivity index (χ0n) is 11.2. The molecule has 100 valence electrons. The van der Waals surface area contributed by atoms with E-state index in [2.05, 4.69) is 15.3 Å². The van der Waals surface area contributed by atoms with E-state index >= 15 is 0 Å². The van der Waals surface area contributed by atoms with Gasteiger partial charge in [0.05, 0.1) is 18.5 Å². The van der Waals surface area contributed by atoms with E-state index in [-0.39, 0.29) is 17.9 Å². The van der Waals surface area contributed by atoms with E-state index in [9.17, 15) is 9.90 Å². The van der Waals surface area contributed by atoms with Crippen molar-refractivity contribution >= 4 is 5.91 Å². The molecule has 1 heterocycles. The highest BCUT2D eigenvalue weighted by atomic mass is 16.3. The second-order valence-corrected chi connectivity index (χ2v) is 4.59. The van der Waals surface area contributed by atoms with E-state index in [1.165, 1.54) is 6.20 Å². The molecule has 0 radical (unpaired) electrons. The van der Waals surface area contributed by atoms with Gasteiger partial charge in [0.1, 0.15) is 5.69 Å². The Hall–Kier alpha value is -1.49. The standard InChI is InChI=1S/C13H21N3O2/c1-4-13(5-2,9-17)8-16-12(18)11-7-14-10(3)6-15-11/h6-7,17H,4-5,8-9H2,1-3H3,(H,16,18). The lowest BCUT2D eigenvalue weighted by atomic mass is 9.83. The van der Waals surface area contributed by atoms with Crippen molar-refractivity contribution in [2.24, 2.45) is 5.41 Å². The lowest BCUT2D eigenvalue weighted by molar-refractivity contribution is 0.0846. The highest BCUT2D eigenvalue weighted by Crippen LogP contribution is 2.24. The fraction of sp³-hybridized carbons (Fsp3) is 0.615. The number of aliphatic hydroxyl groups excluding tert-OH is 1. The number of carbonyl (C=O) groups is 1. The second-order valence-electron chi connectivity index (χ2n) is 4.59. The van der Waals surface area contributed by atoms with Crippen LogP contribution in [-0.4, -0.2) is 34.1 Å². The minimum absolute atomic E-state index is 0.0693. The van der Waals surface area contributed by atoms with Crippen LogP contribution in [0.3, 0.4) is 0 Å². The first-order valence-corrected chi connectivity index (χ1v) is 6.24. The fourth-order valence-electron chi connectivity index (χ4n) is 1.65. The third-order valence-electron chi connectivity index (χ3n) is 3.47. The predicted octanol–water partition coefficient (Wildman–Crippen LogP) is 1.31. The van der Waals surface area contributed by atoms with Gasteiger partial charge in [-0.15, -0.1) is 0 Å². The summed E-state index contributed by atoms with van der Waals surface area (Å²) in [5, 5.41) is 12.2. The average Bonchev–Trinajstić information content (AvgIpc) is 2.41. The molecule has 1 aromatic heterocycles. The molecule has 1 amide bonds. The number of carbonyl (C=O) groups excluding carboxylic acids is 1. The van der Waals surface area contributed by atoms with Crippen molar-refractivity contribution in [2.75, 3.05) is 13.2 Å². The van der Waals surface area contributed by atoms with Crippen LogP contribution in [0.4, 0.5) is 0 Å². The van der Waals surface area contributed by atoms with Crippen molar-refractivity contribution in [3.8, 4) is 0 Å². The molecule has 0 unspecified atom stereocenters. The Labute approximate surface area is 108 Å². The van der Waals surface area contributed by atoms with E-state index in [0.29, 0.717) is 12.2 Å². The maximum atomic E-state index is 11.9. The fourth-order valence-corrected chi connectivity index (χ4v) is 1.65. The van der Waals surface area contributed by atoms with Crippen LogP contribution in [0, 0.1) is 12.3 Å². The first kappa shape index (κ1) is 14.6. The van der Waals surface area contributed by atoms with Crippen LogP contribution in [-0.2, 0) is 0 Å². The molecule has 0 saturated heterocycles. The Balaban J connectivity index is 2.63. The Morgan fingerprint density at radius 2 is 2.00 bits per heavy atom. The first-order chi connectivity index (χ1) is 8.56. The van der Waals surface area contributed by atoms with E-state index < -0.39 is 0 Å². The molecule has 0 aliphatic carbocycles. The molecule has 18 heavy (non-hydrogen) atoms. The van der Waals surface area contributed by atoms with E-state index in [0.717, 1.165) is 18.5 Å². The minimum Gasteiger partial charge on any atom is -0.396 e. The molecule has 0 spiro atoms. The van der Waals surface area contributed by atoms with Gasteiger partial charge in [-0.2, -0.15) is 0 Å². The zero-order valence-corrected chi connectivity index (χ0v) is 11.2. The van der Waals surface area contributed by atoms with Gasteiger partial charge in [0, 0.05) is 18.2 Å². The number of nitrogens with zero attached hydrogens (tertiary/aromatic N) is 2. The Bertz CT molecular complexity index is 377. The Kier molecular flexibility index (Phi) is 5.22. The van der Waals surface area contributed by atoms with Crippen molar-refractivity contribution in [3.63, 3.8) is 0 Å². The van der Waals surface area contributed by atoms with Gasteiger partial charge in [-0.25, -0.2) is 4.98 Å². The molecule has 0 aromatic carbocycles. The lowest BCUT2D eigenvalue weighted by Gasteiger charge is -2.29. The molecule has 1 rings (SSSR count). The van der Waals surface area contributed by atoms with Gasteiger partial charge in [-0.3, -0.25) is 9.78 Å². The molecule has 1 aromatic rings. The number of rotatable bonds is 6. The van der Waals surface area contributed by atoms with Crippen LogP contribution < -0.4 is 5.32 Å². The van der Waals surface area contributed by atoms with Gasteiger partial charge in [-0.1, -0.05) is 13.8 Å². The van der Waals surface area contributed by atoms with E-state index in [1.54, 1.807) is 6.20 Å². The summed E-state index contributed by atoms with van der Waals surface area (Å²) in [5.74, 6) is -0.248. The summed E-state index contributed by atoms with van der Waals surface area (Å²) in [6.45, 7) is 6.36. The third kappa shape index (κ3) is 3.50. The highest BCUT2D eigenvalue weighted by Gasteiger charge is 2.26. The molecule has 5 nitrogen and oxygen atoms in total. The SMILES string of the molecule is CCC(CC)(CO)CNC(=O)c1cnc(C)cn1. The van der Waals surface area contributed by atoms with Crippen molar-refractivity contribution in [2.45, 2.75) is 33.6 Å². The predicted molar refractivity (Wildman–Crippen MR) is 69.2 cm³/mol. The molecule has 0 saturated carbocycles. The summed E-state index contributed by atoms with van der Waals surface area (Å²) in [6.07, 6.45) is 4.66. The van der Waals surface area contributed by atoms with Gasteiger partial charge in [0.15, 0.2) is 0 Å². The van der Waals surface area contributed by atoms with Crippen molar-refractivity contribution in [3.05, 3.63) is 23.8 Å². The maximum absolute atomic E-state index is 11.9. The summed E-state index contributed by atoms with van der Waals surface area (Å²) < 4.78 is 0. The molecule has 2 N–H and O–H groups in total. The topological polar surface area (TPSA) is 75.1 Å². The maximum Gasteiger partial charge on any atom is 0.271 e. The molecule has 0 fully saturated rings. The summed E-state index contributed by atoms with van der Waals surface area (Å²) in [4.78, 5) is 19.9. The van der Waals surface area contributed by atoms with Gasteiger partial charge in [0.25, 0.3) is 5.91 Å². The monoisotopic (exact) mass is 251 g/mol. The lowest BCUT2D eigenvalue weighted by Crippen LogP contribution is -2.39. The zero-order chi connectivity index (χ0) is 13.6. The number of hydrogen-bond donors (Lipinski definition) is 2. The number of aryl methyl sites for hydroxylation is 1. The summed E-state index contributed by atoms with van der Waals surface area (Å²) in [5.41, 5.74) is 0.839. The molecule has 0 aliphatic heterocycles. The van der Waals surface area contributed by atoms with Gasteiger partial charge >= 0.3 is 0 Å². The van der Waals surface area contributed by atoms with Crippen molar-refractivity contribution in [1.82, 2.24) is 15.3 Å². The molecule has 0 aliphatic rings. The van der Waals surface area contributed by atoms with Gasteiger partial charge in [0.2, 0.25) is 0 Å². The van der Waals surface area contributed by atoms with Crippen LogP contribution in [0.1, 0.15) is 42.9 Å². The van der Waals surface area contributed by atoms with Gasteiger partial charge in [-0.05, 0) is 19.8 Å². The van der Waals surface area contributed by atoms with Gasteiger partial charge < -0.3 is 10.4 Å². The second kappa shape index (κ2) is 6.44. The van der Waals surface area contributed by atoms with E-state index in [4.69, 9.17) is 0 Å². The van der Waals surface area contributed by atoms with E-state index in [1.807, 2.05) is 20.8 Å².